The molecule has 1 rings (SSSR count). The molecule has 8 heteroatoms. The molecule has 0 aromatic heterocycles. The lowest BCUT2D eigenvalue weighted by atomic mass is 10.1. The summed E-state index contributed by atoms with van der Waals surface area (Å²) in [4.78, 5) is 21.7. The molecule has 5 nitrogen and oxygen atoms in total. The number of unbranched alkanes of at least 4 members (excludes halogenated alkanes) is 2. The average molecular weight is 318 g/mol. The van der Waals surface area contributed by atoms with Gasteiger partial charge in [0.2, 0.25) is 0 Å². The van der Waals surface area contributed by atoms with Gasteiger partial charge in [0.25, 0.3) is 11.6 Å². The predicted molar refractivity (Wildman–Crippen MR) is 77.6 cm³/mol. The summed E-state index contributed by atoms with van der Waals surface area (Å²) in [7, 11) is 0. The summed E-state index contributed by atoms with van der Waals surface area (Å²) in [6, 6.07) is 0.971. The highest BCUT2D eigenvalue weighted by Crippen LogP contribution is 2.22. The van der Waals surface area contributed by atoms with Crippen LogP contribution in [0.25, 0.3) is 0 Å². The third-order valence-corrected chi connectivity index (χ3v) is 3.49. The Kier molecular flexibility index (Phi) is 7.07. The van der Waals surface area contributed by atoms with Crippen molar-refractivity contribution in [3.8, 4) is 0 Å². The van der Waals surface area contributed by atoms with Crippen LogP contribution < -0.4 is 5.32 Å². The van der Waals surface area contributed by atoms with E-state index >= 15 is 0 Å². The lowest BCUT2D eigenvalue weighted by molar-refractivity contribution is -0.385. The zero-order valence-electron chi connectivity index (χ0n) is 11.5. The van der Waals surface area contributed by atoms with Gasteiger partial charge in [0.15, 0.2) is 11.6 Å². The van der Waals surface area contributed by atoms with Gasteiger partial charge in [0.1, 0.15) is 5.56 Å². The first kappa shape index (κ1) is 17.4. The van der Waals surface area contributed by atoms with Crippen molar-refractivity contribution in [3.05, 3.63) is 39.4 Å². The van der Waals surface area contributed by atoms with Crippen molar-refractivity contribution in [1.29, 1.82) is 0 Å². The molecule has 0 heterocycles. The van der Waals surface area contributed by atoms with Crippen molar-refractivity contribution in [3.63, 3.8) is 0 Å². The molecule has 0 fully saturated rings. The number of thioether (sulfide) groups is 1. The van der Waals surface area contributed by atoms with E-state index in [1.54, 1.807) is 11.8 Å². The minimum absolute atomic E-state index is 0.337. The minimum atomic E-state index is -1.35. The Labute approximate surface area is 125 Å². The van der Waals surface area contributed by atoms with Crippen LogP contribution in [0.3, 0.4) is 0 Å². The number of halogens is 2. The maximum atomic E-state index is 13.1. The van der Waals surface area contributed by atoms with Gasteiger partial charge in [-0.15, -0.1) is 0 Å². The van der Waals surface area contributed by atoms with Gasteiger partial charge in [0, 0.05) is 6.54 Å². The molecule has 0 unspecified atom stereocenters. The van der Waals surface area contributed by atoms with Crippen LogP contribution in [-0.2, 0) is 0 Å². The summed E-state index contributed by atoms with van der Waals surface area (Å²) < 4.78 is 26.1. The fourth-order valence-corrected chi connectivity index (χ4v) is 2.21. The van der Waals surface area contributed by atoms with Gasteiger partial charge in [-0.25, -0.2) is 8.78 Å². The Balaban J connectivity index is 2.65. The molecule has 1 amide bonds. The summed E-state index contributed by atoms with van der Waals surface area (Å²) in [6.07, 6.45) is 4.66. The van der Waals surface area contributed by atoms with E-state index < -0.39 is 33.7 Å². The second-order valence-corrected chi connectivity index (χ2v) is 5.34. The number of benzene rings is 1. The fourth-order valence-electron chi connectivity index (χ4n) is 1.71. The number of carbonyl (C=O) groups excluding carboxylic acids is 1. The molecule has 0 radical (unpaired) electrons. The van der Waals surface area contributed by atoms with Crippen LogP contribution in [0.5, 0.6) is 0 Å². The Bertz CT molecular complexity index is 526. The zero-order chi connectivity index (χ0) is 15.8. The molecule has 0 aliphatic rings. The second-order valence-electron chi connectivity index (χ2n) is 4.35. The van der Waals surface area contributed by atoms with Crippen molar-refractivity contribution in [1.82, 2.24) is 5.32 Å². The Hall–Kier alpha value is -1.70. The molecule has 0 bridgehead atoms. The molecule has 0 aliphatic heterocycles. The quantitative estimate of drug-likeness (QED) is 0.454. The maximum Gasteiger partial charge on any atom is 0.285 e. The predicted octanol–water partition coefficient (Wildman–Crippen LogP) is 3.14. The summed E-state index contributed by atoms with van der Waals surface area (Å²) in [5, 5.41) is 13.3. The third-order valence-electron chi connectivity index (χ3n) is 2.79. The van der Waals surface area contributed by atoms with Crippen LogP contribution in [-0.4, -0.2) is 29.4 Å². The standard InChI is InChI=1S/C13H16F2N2O3S/c1-21-6-4-2-3-5-16-13(18)9-7-10(14)11(15)8-12(9)17(19)20/h7-8H,2-6H2,1H3,(H,16,18). The Morgan fingerprint density at radius 2 is 1.95 bits per heavy atom. The van der Waals surface area contributed by atoms with Crippen molar-refractivity contribution < 1.29 is 18.5 Å². The topological polar surface area (TPSA) is 72.2 Å². The Morgan fingerprint density at radius 3 is 2.57 bits per heavy atom. The van der Waals surface area contributed by atoms with E-state index in [1.165, 1.54) is 0 Å². The van der Waals surface area contributed by atoms with E-state index in [4.69, 9.17) is 0 Å². The molecule has 21 heavy (non-hydrogen) atoms. The first-order valence-electron chi connectivity index (χ1n) is 6.38. The molecular weight excluding hydrogens is 302 g/mol. The van der Waals surface area contributed by atoms with Crippen LogP contribution in [0, 0.1) is 21.7 Å². The van der Waals surface area contributed by atoms with E-state index in [1.807, 2.05) is 6.26 Å². The fraction of sp³-hybridized carbons (Fsp3) is 0.462. The molecule has 0 saturated carbocycles. The lowest BCUT2D eigenvalue weighted by Gasteiger charge is -2.06. The van der Waals surface area contributed by atoms with Crippen molar-refractivity contribution in [2.45, 2.75) is 19.3 Å². The molecule has 1 aromatic carbocycles. The molecular formula is C13H16F2N2O3S. The van der Waals surface area contributed by atoms with E-state index in [0.717, 1.165) is 25.0 Å². The zero-order valence-corrected chi connectivity index (χ0v) is 12.3. The van der Waals surface area contributed by atoms with Gasteiger partial charge in [-0.05, 0) is 30.9 Å². The van der Waals surface area contributed by atoms with Gasteiger partial charge in [-0.1, -0.05) is 6.42 Å². The number of nitro groups is 1. The Morgan fingerprint density at radius 1 is 1.29 bits per heavy atom. The molecule has 1 aromatic rings. The van der Waals surface area contributed by atoms with Gasteiger partial charge < -0.3 is 5.32 Å². The summed E-state index contributed by atoms with van der Waals surface area (Å²) in [6.45, 7) is 0.337. The van der Waals surface area contributed by atoms with Gasteiger partial charge in [0.05, 0.1) is 11.0 Å². The van der Waals surface area contributed by atoms with E-state index in [0.29, 0.717) is 18.7 Å². The molecule has 116 valence electrons. The van der Waals surface area contributed by atoms with Gasteiger partial charge >= 0.3 is 0 Å². The van der Waals surface area contributed by atoms with E-state index in [2.05, 4.69) is 5.32 Å². The maximum absolute atomic E-state index is 13.1. The van der Waals surface area contributed by atoms with Gasteiger partial charge in [-0.3, -0.25) is 14.9 Å². The normalized spacial score (nSPS) is 10.4. The number of hydrogen-bond acceptors (Lipinski definition) is 4. The minimum Gasteiger partial charge on any atom is -0.352 e. The summed E-state index contributed by atoms with van der Waals surface area (Å²) >= 11 is 1.73. The SMILES string of the molecule is CSCCCCCNC(=O)c1cc(F)c(F)cc1[N+](=O)[O-]. The second kappa shape index (κ2) is 8.56. The van der Waals surface area contributed by atoms with E-state index in [-0.39, 0.29) is 0 Å². The molecule has 0 aliphatic carbocycles. The molecule has 1 N–H and O–H groups in total. The van der Waals surface area contributed by atoms with Crippen LogP contribution >= 0.6 is 11.8 Å². The largest absolute Gasteiger partial charge is 0.352 e. The third kappa shape index (κ3) is 5.30. The van der Waals surface area contributed by atoms with Crippen LogP contribution in [0.1, 0.15) is 29.6 Å². The number of nitrogens with zero attached hydrogens (tertiary/aromatic N) is 1. The smallest absolute Gasteiger partial charge is 0.285 e. The summed E-state index contributed by atoms with van der Waals surface area (Å²) in [5.41, 5.74) is -1.21. The number of hydrogen-bond donors (Lipinski definition) is 1. The van der Waals surface area contributed by atoms with Crippen molar-refractivity contribution in [2.24, 2.45) is 0 Å². The highest BCUT2D eigenvalue weighted by Gasteiger charge is 2.23. The number of rotatable bonds is 8. The summed E-state index contributed by atoms with van der Waals surface area (Å²) in [5.74, 6) is -2.38. The highest BCUT2D eigenvalue weighted by atomic mass is 32.2. The lowest BCUT2D eigenvalue weighted by Crippen LogP contribution is -2.25. The van der Waals surface area contributed by atoms with Gasteiger partial charge in [-0.2, -0.15) is 11.8 Å². The monoisotopic (exact) mass is 318 g/mol. The average Bonchev–Trinajstić information content (AvgIpc) is 2.44. The first-order chi connectivity index (χ1) is 9.97. The number of nitrogens with one attached hydrogen (secondary N) is 1. The van der Waals surface area contributed by atoms with Crippen molar-refractivity contribution >= 4 is 23.4 Å². The highest BCUT2D eigenvalue weighted by molar-refractivity contribution is 7.98. The number of nitro benzene ring substituents is 1. The molecule has 0 spiro atoms. The number of carbonyl (C=O) groups is 1. The molecule has 0 atom stereocenters. The first-order valence-corrected chi connectivity index (χ1v) is 7.77. The van der Waals surface area contributed by atoms with Crippen LogP contribution in [0.15, 0.2) is 12.1 Å². The number of amides is 1. The molecule has 0 saturated heterocycles. The van der Waals surface area contributed by atoms with Crippen LogP contribution in [0.2, 0.25) is 0 Å². The van der Waals surface area contributed by atoms with Crippen LogP contribution in [0.4, 0.5) is 14.5 Å². The van der Waals surface area contributed by atoms with Crippen molar-refractivity contribution in [2.75, 3.05) is 18.6 Å². The van der Waals surface area contributed by atoms with E-state index in [9.17, 15) is 23.7 Å².